The molecule has 1 N–H and O–H groups in total. The van der Waals surface area contributed by atoms with Crippen molar-refractivity contribution in [3.05, 3.63) is 0 Å². The highest BCUT2D eigenvalue weighted by Gasteiger charge is 2.48. The summed E-state index contributed by atoms with van der Waals surface area (Å²) in [5, 5.41) is 9.46. The summed E-state index contributed by atoms with van der Waals surface area (Å²) in [7, 11) is 0. The summed E-state index contributed by atoms with van der Waals surface area (Å²) in [6.07, 6.45) is 0.460. The molecule has 0 aromatic carbocycles. The minimum Gasteiger partial charge on any atom is -0.480 e. The molecular formula is C18H31NO6. The van der Waals surface area contributed by atoms with Crippen molar-refractivity contribution >= 4 is 18.0 Å². The van der Waals surface area contributed by atoms with Crippen LogP contribution in [0.15, 0.2) is 0 Å². The average molecular weight is 357 g/mol. The van der Waals surface area contributed by atoms with Gasteiger partial charge in [-0.1, -0.05) is 6.92 Å². The Morgan fingerprint density at radius 2 is 1.56 bits per heavy atom. The van der Waals surface area contributed by atoms with E-state index in [2.05, 4.69) is 0 Å². The maximum absolute atomic E-state index is 12.6. The highest BCUT2D eigenvalue weighted by atomic mass is 16.6. The molecule has 7 nitrogen and oxygen atoms in total. The van der Waals surface area contributed by atoms with Gasteiger partial charge in [-0.3, -0.25) is 9.69 Å². The van der Waals surface area contributed by atoms with Gasteiger partial charge in [0.1, 0.15) is 17.2 Å². The van der Waals surface area contributed by atoms with Crippen molar-refractivity contribution in [1.29, 1.82) is 0 Å². The van der Waals surface area contributed by atoms with E-state index in [4.69, 9.17) is 9.47 Å². The molecule has 0 aromatic rings. The molecule has 1 unspecified atom stereocenters. The summed E-state index contributed by atoms with van der Waals surface area (Å²) in [6, 6.07) is -1.54. The van der Waals surface area contributed by atoms with Crippen molar-refractivity contribution in [3.63, 3.8) is 0 Å². The lowest BCUT2D eigenvalue weighted by Gasteiger charge is -2.34. The van der Waals surface area contributed by atoms with E-state index in [1.54, 1.807) is 41.5 Å². The maximum Gasteiger partial charge on any atom is 0.411 e. The van der Waals surface area contributed by atoms with Crippen molar-refractivity contribution in [2.24, 2.45) is 5.92 Å². The number of carbonyl (C=O) groups excluding carboxylic acids is 2. The second-order valence-corrected chi connectivity index (χ2v) is 8.43. The summed E-state index contributed by atoms with van der Waals surface area (Å²) in [5.74, 6) is -2.09. The Morgan fingerprint density at radius 1 is 1.04 bits per heavy atom. The number of ether oxygens (including phenoxy) is 2. The standard InChI is InChI=1S/C18H31NO6/c1-8-11(15(22)24-17(2,3)4)12-9-10-13(14(20)21)19(12)16(23)25-18(5,6)7/h11-13H,8-10H2,1-7H3,(H,20,21)/t11?,12-,13+/m1/s1. The Morgan fingerprint density at radius 3 is 1.96 bits per heavy atom. The van der Waals surface area contributed by atoms with E-state index < -0.39 is 47.2 Å². The van der Waals surface area contributed by atoms with Gasteiger partial charge in [0.2, 0.25) is 0 Å². The van der Waals surface area contributed by atoms with Crippen LogP contribution in [-0.4, -0.2) is 51.3 Å². The lowest BCUT2D eigenvalue weighted by Crippen LogP contribution is -2.51. The van der Waals surface area contributed by atoms with Crippen LogP contribution < -0.4 is 0 Å². The third-order valence-corrected chi connectivity index (χ3v) is 3.93. The minimum absolute atomic E-state index is 0.290. The van der Waals surface area contributed by atoms with E-state index in [1.807, 2.05) is 6.92 Å². The highest BCUT2D eigenvalue weighted by Crippen LogP contribution is 2.34. The highest BCUT2D eigenvalue weighted by molar-refractivity contribution is 5.82. The zero-order chi connectivity index (χ0) is 19.6. The van der Waals surface area contributed by atoms with Gasteiger partial charge in [0.05, 0.1) is 5.92 Å². The molecule has 144 valence electrons. The van der Waals surface area contributed by atoms with Gasteiger partial charge in [0.15, 0.2) is 0 Å². The summed E-state index contributed by atoms with van der Waals surface area (Å²) in [6.45, 7) is 12.3. The first kappa shape index (κ1) is 21.3. The predicted molar refractivity (Wildman–Crippen MR) is 92.1 cm³/mol. The van der Waals surface area contributed by atoms with Crippen molar-refractivity contribution in [1.82, 2.24) is 4.90 Å². The normalized spacial score (nSPS) is 22.4. The molecule has 1 heterocycles. The van der Waals surface area contributed by atoms with Crippen LogP contribution >= 0.6 is 0 Å². The van der Waals surface area contributed by atoms with Crippen molar-refractivity contribution in [3.8, 4) is 0 Å². The van der Waals surface area contributed by atoms with Crippen LogP contribution in [0.25, 0.3) is 0 Å². The first-order valence-electron chi connectivity index (χ1n) is 8.74. The van der Waals surface area contributed by atoms with E-state index in [0.29, 0.717) is 19.3 Å². The number of hydrogen-bond donors (Lipinski definition) is 1. The molecule has 3 atom stereocenters. The number of carbonyl (C=O) groups is 3. The van der Waals surface area contributed by atoms with Crippen molar-refractivity contribution in [2.45, 2.75) is 91.0 Å². The van der Waals surface area contributed by atoms with Crippen LogP contribution in [0.4, 0.5) is 4.79 Å². The molecule has 1 aliphatic heterocycles. The lowest BCUT2D eigenvalue weighted by molar-refractivity contribution is -0.163. The zero-order valence-electron chi connectivity index (χ0n) is 16.3. The fraction of sp³-hybridized carbons (Fsp3) is 0.833. The summed E-state index contributed by atoms with van der Waals surface area (Å²) in [5.41, 5.74) is -1.40. The number of carboxylic acid groups (broad SMARTS) is 1. The molecule has 0 aromatic heterocycles. The molecule has 0 bridgehead atoms. The van der Waals surface area contributed by atoms with Crippen LogP contribution in [0.1, 0.15) is 67.7 Å². The fourth-order valence-corrected chi connectivity index (χ4v) is 3.03. The van der Waals surface area contributed by atoms with Crippen molar-refractivity contribution in [2.75, 3.05) is 0 Å². The third kappa shape index (κ3) is 5.90. The number of amides is 1. The molecule has 1 rings (SSSR count). The minimum atomic E-state index is -1.09. The van der Waals surface area contributed by atoms with Crippen LogP contribution in [0.2, 0.25) is 0 Å². The second kappa shape index (κ2) is 7.62. The van der Waals surface area contributed by atoms with Crippen LogP contribution in [0.5, 0.6) is 0 Å². The third-order valence-electron chi connectivity index (χ3n) is 3.93. The largest absolute Gasteiger partial charge is 0.480 e. The molecule has 1 aliphatic rings. The lowest BCUT2D eigenvalue weighted by atomic mass is 9.94. The van der Waals surface area contributed by atoms with Gasteiger partial charge < -0.3 is 14.6 Å². The van der Waals surface area contributed by atoms with Gasteiger partial charge in [0.25, 0.3) is 0 Å². The van der Waals surface area contributed by atoms with E-state index >= 15 is 0 Å². The van der Waals surface area contributed by atoms with E-state index in [1.165, 1.54) is 4.90 Å². The fourth-order valence-electron chi connectivity index (χ4n) is 3.03. The quantitative estimate of drug-likeness (QED) is 0.777. The van der Waals surface area contributed by atoms with E-state index in [9.17, 15) is 19.5 Å². The molecule has 25 heavy (non-hydrogen) atoms. The van der Waals surface area contributed by atoms with Crippen LogP contribution in [-0.2, 0) is 19.1 Å². The molecule has 0 spiro atoms. The Bertz CT molecular complexity index is 517. The molecule has 0 aliphatic carbocycles. The van der Waals surface area contributed by atoms with Gasteiger partial charge >= 0.3 is 18.0 Å². The molecule has 1 amide bonds. The van der Waals surface area contributed by atoms with Crippen LogP contribution in [0.3, 0.4) is 0 Å². The maximum atomic E-state index is 12.6. The number of carboxylic acids is 1. The van der Waals surface area contributed by atoms with Gasteiger partial charge in [-0.05, 0) is 60.8 Å². The summed E-state index contributed by atoms with van der Waals surface area (Å²) < 4.78 is 10.8. The molecular weight excluding hydrogens is 326 g/mol. The zero-order valence-corrected chi connectivity index (χ0v) is 16.3. The number of aliphatic carboxylic acids is 1. The SMILES string of the molecule is CCC(C(=O)OC(C)(C)C)[C@H]1CC[C@@H](C(=O)O)N1C(=O)OC(C)(C)C. The second-order valence-electron chi connectivity index (χ2n) is 8.43. The van der Waals surface area contributed by atoms with Gasteiger partial charge in [0, 0.05) is 6.04 Å². The van der Waals surface area contributed by atoms with Crippen molar-refractivity contribution < 1.29 is 29.0 Å². The summed E-state index contributed by atoms with van der Waals surface area (Å²) in [4.78, 5) is 37.9. The number of nitrogens with zero attached hydrogens (tertiary/aromatic N) is 1. The van der Waals surface area contributed by atoms with Gasteiger partial charge in [-0.15, -0.1) is 0 Å². The molecule has 1 fully saturated rings. The van der Waals surface area contributed by atoms with Gasteiger partial charge in [-0.2, -0.15) is 0 Å². The molecule has 0 saturated carbocycles. The Balaban J connectivity index is 3.10. The Hall–Kier alpha value is -1.79. The number of hydrogen-bond acceptors (Lipinski definition) is 5. The molecule has 1 saturated heterocycles. The number of likely N-dealkylation sites (tertiary alicyclic amines) is 1. The molecule has 7 heteroatoms. The van der Waals surface area contributed by atoms with Gasteiger partial charge in [-0.25, -0.2) is 9.59 Å². The van der Waals surface area contributed by atoms with E-state index in [0.717, 1.165) is 0 Å². The first-order valence-corrected chi connectivity index (χ1v) is 8.74. The predicted octanol–water partition coefficient (Wildman–Crippen LogP) is 3.21. The topological polar surface area (TPSA) is 93.1 Å². The Kier molecular flexibility index (Phi) is 6.48. The number of rotatable bonds is 4. The molecule has 0 radical (unpaired) electrons. The number of esters is 1. The summed E-state index contributed by atoms with van der Waals surface area (Å²) >= 11 is 0. The van der Waals surface area contributed by atoms with Crippen LogP contribution in [0, 0.1) is 5.92 Å². The monoisotopic (exact) mass is 357 g/mol. The first-order chi connectivity index (χ1) is 11.3. The van der Waals surface area contributed by atoms with E-state index in [-0.39, 0.29) is 0 Å². The average Bonchev–Trinajstić information content (AvgIpc) is 2.80. The smallest absolute Gasteiger partial charge is 0.411 e. The Labute approximate surface area is 149 Å².